The SMILES string of the molecule is CCCCCC(=O)OCC.CCCCCC[PH](CCCC)(CCCC)CCCC. The van der Waals surface area contributed by atoms with Gasteiger partial charge < -0.3 is 4.74 Å². The minimum absolute atomic E-state index is 0.0593. The van der Waals surface area contributed by atoms with Crippen molar-refractivity contribution in [2.75, 3.05) is 31.3 Å². The van der Waals surface area contributed by atoms with Crippen molar-refractivity contribution in [2.45, 2.75) is 131 Å². The van der Waals surface area contributed by atoms with Crippen molar-refractivity contribution in [1.82, 2.24) is 0 Å². The maximum atomic E-state index is 10.7. The van der Waals surface area contributed by atoms with Crippen LogP contribution < -0.4 is 0 Å². The summed E-state index contributed by atoms with van der Waals surface area (Å²) in [6, 6.07) is 0. The van der Waals surface area contributed by atoms with Gasteiger partial charge in [-0.3, -0.25) is 4.79 Å². The molecule has 0 aromatic rings. The Morgan fingerprint density at radius 2 is 0.966 bits per heavy atom. The van der Waals surface area contributed by atoms with E-state index in [0.29, 0.717) is 13.0 Å². The van der Waals surface area contributed by atoms with Gasteiger partial charge in [-0.15, -0.1) is 0 Å². The van der Waals surface area contributed by atoms with Gasteiger partial charge in [-0.1, -0.05) is 19.8 Å². The van der Waals surface area contributed by atoms with Crippen molar-refractivity contribution in [1.29, 1.82) is 0 Å². The predicted molar refractivity (Wildman–Crippen MR) is 137 cm³/mol. The second-order valence-electron chi connectivity index (χ2n) is 8.88. The van der Waals surface area contributed by atoms with Gasteiger partial charge in [0.15, 0.2) is 0 Å². The zero-order valence-electron chi connectivity index (χ0n) is 21.3. The molecule has 0 aromatic heterocycles. The van der Waals surface area contributed by atoms with Crippen LogP contribution in [0.15, 0.2) is 0 Å². The van der Waals surface area contributed by atoms with E-state index in [1.165, 1.54) is 64.2 Å². The molecule has 0 bridgehead atoms. The van der Waals surface area contributed by atoms with Crippen LogP contribution in [0.5, 0.6) is 0 Å². The van der Waals surface area contributed by atoms with Gasteiger partial charge in [0, 0.05) is 6.42 Å². The summed E-state index contributed by atoms with van der Waals surface area (Å²) in [7, 11) is -0.908. The number of rotatable bonds is 19. The quantitative estimate of drug-likeness (QED) is 0.116. The number of hydrogen-bond acceptors (Lipinski definition) is 2. The van der Waals surface area contributed by atoms with E-state index >= 15 is 0 Å². The number of unbranched alkanes of at least 4 members (excludes halogenated alkanes) is 8. The summed E-state index contributed by atoms with van der Waals surface area (Å²) in [6.07, 6.45) is 25.0. The molecule has 0 unspecified atom stereocenters. The summed E-state index contributed by atoms with van der Waals surface area (Å²) in [4.78, 5) is 10.7. The summed E-state index contributed by atoms with van der Waals surface area (Å²) >= 11 is 0. The molecule has 0 saturated heterocycles. The fraction of sp³-hybridized carbons (Fsp3) is 0.962. The monoisotopic (exact) mass is 432 g/mol. The van der Waals surface area contributed by atoms with Crippen LogP contribution in [0, 0.1) is 0 Å². The van der Waals surface area contributed by atoms with E-state index in [1.54, 1.807) is 24.6 Å². The molecule has 0 aliphatic heterocycles. The molecule has 0 fully saturated rings. The zero-order valence-corrected chi connectivity index (χ0v) is 22.3. The van der Waals surface area contributed by atoms with Crippen molar-refractivity contribution in [3.63, 3.8) is 0 Å². The average Bonchev–Trinajstić information content (AvgIpc) is 2.73. The van der Waals surface area contributed by atoms with Crippen molar-refractivity contribution in [3.8, 4) is 0 Å². The Labute approximate surface area is 185 Å². The van der Waals surface area contributed by atoms with Gasteiger partial charge in [0.1, 0.15) is 0 Å². The third-order valence-corrected chi connectivity index (χ3v) is 11.7. The van der Waals surface area contributed by atoms with E-state index in [1.807, 2.05) is 6.92 Å². The van der Waals surface area contributed by atoms with Crippen LogP contribution in [0.25, 0.3) is 0 Å². The molecule has 0 aromatic carbocycles. The molecule has 2 nitrogen and oxygen atoms in total. The molecule has 0 aliphatic rings. The number of carbonyl (C=O) groups excluding carboxylic acids is 1. The first kappa shape index (κ1) is 31.1. The van der Waals surface area contributed by atoms with E-state index < -0.39 is 7.26 Å². The predicted octanol–water partition coefficient (Wildman–Crippen LogP) is 8.85. The van der Waals surface area contributed by atoms with Gasteiger partial charge in [-0.25, -0.2) is 0 Å². The molecular formula is C26H57O2P. The van der Waals surface area contributed by atoms with Gasteiger partial charge in [-0.05, 0) is 13.3 Å². The summed E-state index contributed by atoms with van der Waals surface area (Å²) in [5, 5.41) is 0. The topological polar surface area (TPSA) is 26.3 Å². The van der Waals surface area contributed by atoms with Crippen molar-refractivity contribution < 1.29 is 9.53 Å². The Balaban J connectivity index is 0. The van der Waals surface area contributed by atoms with Crippen LogP contribution in [0.1, 0.15) is 131 Å². The van der Waals surface area contributed by atoms with Crippen molar-refractivity contribution >= 4 is 13.2 Å². The number of ether oxygens (including phenoxy) is 1. The second-order valence-corrected chi connectivity index (χ2v) is 13.9. The van der Waals surface area contributed by atoms with Crippen molar-refractivity contribution in [3.05, 3.63) is 0 Å². The van der Waals surface area contributed by atoms with Crippen LogP contribution >= 0.6 is 7.26 Å². The molecule has 0 radical (unpaired) electrons. The molecule has 0 spiro atoms. The van der Waals surface area contributed by atoms with Crippen molar-refractivity contribution in [2.24, 2.45) is 0 Å². The van der Waals surface area contributed by atoms with E-state index in [-0.39, 0.29) is 5.97 Å². The van der Waals surface area contributed by atoms with Crippen LogP contribution in [-0.2, 0) is 9.53 Å². The van der Waals surface area contributed by atoms with Crippen LogP contribution in [0.4, 0.5) is 0 Å². The van der Waals surface area contributed by atoms with Gasteiger partial charge in [0.05, 0.1) is 6.61 Å². The van der Waals surface area contributed by atoms with Crippen LogP contribution in [0.3, 0.4) is 0 Å². The Bertz CT molecular complexity index is 309. The molecule has 0 amide bonds. The molecule has 178 valence electrons. The fourth-order valence-electron chi connectivity index (χ4n) is 4.08. The summed E-state index contributed by atoms with van der Waals surface area (Å²) in [5.41, 5.74) is 0. The average molecular weight is 433 g/mol. The van der Waals surface area contributed by atoms with Gasteiger partial charge >= 0.3 is 130 Å². The molecule has 0 aliphatic carbocycles. The molecule has 0 rings (SSSR count). The third-order valence-electron chi connectivity index (χ3n) is 6.03. The zero-order chi connectivity index (χ0) is 22.2. The van der Waals surface area contributed by atoms with E-state index in [0.717, 1.165) is 19.3 Å². The standard InChI is InChI=1S/C18H41P.C8H16O2/c1-5-9-13-14-18-19(15-10-6-2,16-11-7-3)17-12-8-4;1-3-5-6-7-8(9)10-4-2/h19H,5-18H2,1-4H3;3-7H2,1-2H3. The second kappa shape index (κ2) is 24.2. The molecule has 0 atom stereocenters. The first-order chi connectivity index (χ1) is 14.1. The summed E-state index contributed by atoms with van der Waals surface area (Å²) < 4.78 is 4.75. The summed E-state index contributed by atoms with van der Waals surface area (Å²) in [6.45, 7) is 13.9. The van der Waals surface area contributed by atoms with Gasteiger partial charge in [0.2, 0.25) is 0 Å². The van der Waals surface area contributed by atoms with Gasteiger partial charge in [0.25, 0.3) is 0 Å². The third kappa shape index (κ3) is 20.9. The molecule has 29 heavy (non-hydrogen) atoms. The molecule has 0 heterocycles. The fourth-order valence-corrected chi connectivity index (χ4v) is 9.90. The number of esters is 1. The van der Waals surface area contributed by atoms with Crippen LogP contribution in [0.2, 0.25) is 0 Å². The number of carbonyl (C=O) groups is 1. The Morgan fingerprint density at radius 1 is 0.552 bits per heavy atom. The minimum atomic E-state index is -0.908. The number of hydrogen-bond donors (Lipinski definition) is 0. The Morgan fingerprint density at radius 3 is 1.38 bits per heavy atom. The van der Waals surface area contributed by atoms with E-state index in [4.69, 9.17) is 4.74 Å². The Hall–Kier alpha value is -0.100. The molecule has 3 heteroatoms. The molecule has 0 N–H and O–H groups in total. The first-order valence-corrected chi connectivity index (χ1v) is 16.0. The van der Waals surface area contributed by atoms with E-state index in [9.17, 15) is 4.79 Å². The van der Waals surface area contributed by atoms with Crippen LogP contribution in [-0.4, -0.2) is 37.2 Å². The molecular weight excluding hydrogens is 375 g/mol. The van der Waals surface area contributed by atoms with E-state index in [2.05, 4.69) is 34.6 Å². The van der Waals surface area contributed by atoms with Gasteiger partial charge in [-0.2, -0.15) is 0 Å². The molecule has 0 saturated carbocycles. The summed E-state index contributed by atoms with van der Waals surface area (Å²) in [5.74, 6) is -0.0593. The maximum absolute atomic E-state index is 10.7. The first-order valence-electron chi connectivity index (χ1n) is 13.2. The normalized spacial score (nSPS) is 11.7. The Kier molecular flexibility index (Phi) is 25.9.